The van der Waals surface area contributed by atoms with Crippen molar-refractivity contribution in [2.75, 3.05) is 19.1 Å². The normalized spacial score (nSPS) is 20.5. The Labute approximate surface area is 96.8 Å². The number of carbonyl (C=O) groups excluding carboxylic acids is 1. The molecule has 4 heteroatoms. The number of hydrogen-bond acceptors (Lipinski definition) is 3. The summed E-state index contributed by atoms with van der Waals surface area (Å²) >= 11 is 1.77. The van der Waals surface area contributed by atoms with Gasteiger partial charge in [0.1, 0.15) is 0 Å². The van der Waals surface area contributed by atoms with Gasteiger partial charge in [-0.05, 0) is 32.4 Å². The largest absolute Gasteiger partial charge is 0.342 e. The molecule has 0 heterocycles. The number of thioether (sulfide) groups is 1. The third-order valence-electron chi connectivity index (χ3n) is 3.32. The molecule has 1 amide bonds. The number of nitrogens with zero attached hydrogens (tertiary/aromatic N) is 1. The van der Waals surface area contributed by atoms with Crippen LogP contribution < -0.4 is 5.73 Å². The van der Waals surface area contributed by atoms with Crippen LogP contribution in [0.3, 0.4) is 0 Å². The van der Waals surface area contributed by atoms with Crippen LogP contribution in [0.4, 0.5) is 0 Å². The van der Waals surface area contributed by atoms with Gasteiger partial charge in [0.05, 0.1) is 0 Å². The highest BCUT2D eigenvalue weighted by atomic mass is 32.2. The Morgan fingerprint density at radius 2 is 2.20 bits per heavy atom. The second kappa shape index (κ2) is 5.21. The Morgan fingerprint density at radius 1 is 1.60 bits per heavy atom. The first-order chi connectivity index (χ1) is 6.98. The SMILES string of the molecule is CSCC(C)N(C)C(=O)CC1(N)CCC1. The van der Waals surface area contributed by atoms with Crippen molar-refractivity contribution in [2.24, 2.45) is 5.73 Å². The third kappa shape index (κ3) is 3.38. The maximum atomic E-state index is 11.9. The number of nitrogens with two attached hydrogens (primary N) is 1. The van der Waals surface area contributed by atoms with Crippen molar-refractivity contribution in [3.8, 4) is 0 Å². The highest BCUT2D eigenvalue weighted by Gasteiger charge is 2.35. The fourth-order valence-electron chi connectivity index (χ4n) is 1.83. The summed E-state index contributed by atoms with van der Waals surface area (Å²) in [5, 5.41) is 0. The van der Waals surface area contributed by atoms with Crippen LogP contribution in [0.5, 0.6) is 0 Å². The molecule has 1 aliphatic carbocycles. The van der Waals surface area contributed by atoms with Crippen LogP contribution in [0.15, 0.2) is 0 Å². The summed E-state index contributed by atoms with van der Waals surface area (Å²) in [5.74, 6) is 1.18. The van der Waals surface area contributed by atoms with E-state index in [1.165, 1.54) is 6.42 Å². The average molecular weight is 230 g/mol. The molecule has 1 fully saturated rings. The molecule has 1 saturated carbocycles. The number of carbonyl (C=O) groups is 1. The first-order valence-electron chi connectivity index (χ1n) is 5.52. The molecule has 3 nitrogen and oxygen atoms in total. The van der Waals surface area contributed by atoms with Gasteiger partial charge >= 0.3 is 0 Å². The first kappa shape index (κ1) is 12.8. The molecule has 0 aromatic rings. The molecule has 0 aromatic carbocycles. The van der Waals surface area contributed by atoms with Gasteiger partial charge in [0.15, 0.2) is 0 Å². The van der Waals surface area contributed by atoms with Crippen LogP contribution in [0, 0.1) is 0 Å². The van der Waals surface area contributed by atoms with Crippen molar-refractivity contribution >= 4 is 17.7 Å². The number of rotatable bonds is 5. The van der Waals surface area contributed by atoms with E-state index in [0.717, 1.165) is 18.6 Å². The fraction of sp³-hybridized carbons (Fsp3) is 0.909. The van der Waals surface area contributed by atoms with Crippen molar-refractivity contribution in [3.63, 3.8) is 0 Å². The fourth-order valence-corrected chi connectivity index (χ4v) is 2.54. The Kier molecular flexibility index (Phi) is 4.46. The van der Waals surface area contributed by atoms with E-state index in [-0.39, 0.29) is 11.4 Å². The Balaban J connectivity index is 2.38. The molecule has 88 valence electrons. The zero-order chi connectivity index (χ0) is 11.5. The van der Waals surface area contributed by atoms with Crippen LogP contribution >= 0.6 is 11.8 Å². The minimum Gasteiger partial charge on any atom is -0.342 e. The first-order valence-corrected chi connectivity index (χ1v) is 6.91. The molecule has 1 rings (SSSR count). The summed E-state index contributed by atoms with van der Waals surface area (Å²) in [6.07, 6.45) is 5.76. The molecule has 1 atom stereocenters. The van der Waals surface area contributed by atoms with Crippen molar-refractivity contribution in [1.29, 1.82) is 0 Å². The van der Waals surface area contributed by atoms with Gasteiger partial charge < -0.3 is 10.6 Å². The van der Waals surface area contributed by atoms with E-state index in [1.54, 1.807) is 11.8 Å². The molecular formula is C11H22N2OS. The van der Waals surface area contributed by atoms with Crippen LogP contribution in [-0.4, -0.2) is 41.4 Å². The van der Waals surface area contributed by atoms with E-state index in [9.17, 15) is 4.79 Å². The third-order valence-corrected chi connectivity index (χ3v) is 4.13. The van der Waals surface area contributed by atoms with Crippen molar-refractivity contribution in [3.05, 3.63) is 0 Å². The summed E-state index contributed by atoms with van der Waals surface area (Å²) < 4.78 is 0. The molecular weight excluding hydrogens is 208 g/mol. The quantitative estimate of drug-likeness (QED) is 0.778. The molecule has 1 aliphatic rings. The van der Waals surface area contributed by atoms with E-state index >= 15 is 0 Å². The zero-order valence-electron chi connectivity index (χ0n) is 9.95. The molecule has 0 radical (unpaired) electrons. The van der Waals surface area contributed by atoms with Crippen LogP contribution in [0.25, 0.3) is 0 Å². The summed E-state index contributed by atoms with van der Waals surface area (Å²) in [4.78, 5) is 13.7. The number of hydrogen-bond donors (Lipinski definition) is 1. The standard InChI is InChI=1S/C11H22N2OS/c1-9(8-15-3)13(2)10(14)7-11(12)5-4-6-11/h9H,4-8,12H2,1-3H3. The zero-order valence-corrected chi connectivity index (χ0v) is 10.8. The summed E-state index contributed by atoms with van der Waals surface area (Å²) in [7, 11) is 1.88. The van der Waals surface area contributed by atoms with Crippen molar-refractivity contribution in [2.45, 2.75) is 44.2 Å². The van der Waals surface area contributed by atoms with Gasteiger partial charge in [-0.3, -0.25) is 4.79 Å². The molecule has 0 spiro atoms. The summed E-state index contributed by atoms with van der Waals surface area (Å²) in [6.45, 7) is 2.08. The minimum absolute atomic E-state index is 0.190. The maximum absolute atomic E-state index is 11.9. The van der Waals surface area contributed by atoms with Gasteiger partial charge in [-0.15, -0.1) is 0 Å². The monoisotopic (exact) mass is 230 g/mol. The topological polar surface area (TPSA) is 46.3 Å². The summed E-state index contributed by atoms with van der Waals surface area (Å²) in [5.41, 5.74) is 5.87. The average Bonchev–Trinajstić information content (AvgIpc) is 2.14. The highest BCUT2D eigenvalue weighted by molar-refractivity contribution is 7.98. The van der Waals surface area contributed by atoms with E-state index in [1.807, 2.05) is 11.9 Å². The van der Waals surface area contributed by atoms with E-state index in [2.05, 4.69) is 13.2 Å². The van der Waals surface area contributed by atoms with Crippen LogP contribution in [0.1, 0.15) is 32.6 Å². The lowest BCUT2D eigenvalue weighted by Gasteiger charge is -2.39. The minimum atomic E-state index is -0.190. The molecule has 0 aliphatic heterocycles. The Hall–Kier alpha value is -0.220. The predicted octanol–water partition coefficient (Wildman–Crippen LogP) is 1.47. The van der Waals surface area contributed by atoms with Crippen molar-refractivity contribution in [1.82, 2.24) is 4.90 Å². The maximum Gasteiger partial charge on any atom is 0.224 e. The molecule has 0 bridgehead atoms. The van der Waals surface area contributed by atoms with Gasteiger partial charge in [0.2, 0.25) is 5.91 Å². The lowest BCUT2D eigenvalue weighted by atomic mass is 9.75. The molecule has 1 unspecified atom stereocenters. The molecule has 2 N–H and O–H groups in total. The van der Waals surface area contributed by atoms with Crippen LogP contribution in [-0.2, 0) is 4.79 Å². The van der Waals surface area contributed by atoms with Crippen molar-refractivity contribution < 1.29 is 4.79 Å². The lowest BCUT2D eigenvalue weighted by Crippen LogP contribution is -2.51. The number of amides is 1. The second-order valence-corrected chi connectivity index (χ2v) is 5.61. The van der Waals surface area contributed by atoms with Gasteiger partial charge in [-0.25, -0.2) is 0 Å². The predicted molar refractivity (Wildman–Crippen MR) is 66.0 cm³/mol. The lowest BCUT2D eigenvalue weighted by molar-refractivity contribution is -0.133. The Bertz CT molecular complexity index is 229. The van der Waals surface area contributed by atoms with Gasteiger partial charge in [-0.1, -0.05) is 0 Å². The molecule has 0 aromatic heterocycles. The van der Waals surface area contributed by atoms with Crippen LogP contribution in [0.2, 0.25) is 0 Å². The molecule has 15 heavy (non-hydrogen) atoms. The van der Waals surface area contributed by atoms with E-state index in [0.29, 0.717) is 12.5 Å². The Morgan fingerprint density at radius 3 is 2.60 bits per heavy atom. The van der Waals surface area contributed by atoms with Gasteiger partial charge in [0, 0.05) is 30.8 Å². The summed E-state index contributed by atoms with van der Waals surface area (Å²) in [6, 6.07) is 0.302. The second-order valence-electron chi connectivity index (χ2n) is 4.70. The van der Waals surface area contributed by atoms with E-state index < -0.39 is 0 Å². The van der Waals surface area contributed by atoms with Gasteiger partial charge in [0.25, 0.3) is 0 Å². The molecule has 0 saturated heterocycles. The van der Waals surface area contributed by atoms with E-state index in [4.69, 9.17) is 5.73 Å². The smallest absolute Gasteiger partial charge is 0.224 e. The highest BCUT2D eigenvalue weighted by Crippen LogP contribution is 2.32. The van der Waals surface area contributed by atoms with Gasteiger partial charge in [-0.2, -0.15) is 11.8 Å².